The topological polar surface area (TPSA) is 41.9 Å². The Hall–Kier alpha value is -1.30. The van der Waals surface area contributed by atoms with Gasteiger partial charge in [-0.1, -0.05) is 43.1 Å². The van der Waals surface area contributed by atoms with Gasteiger partial charge in [0.1, 0.15) is 0 Å². The molecule has 0 spiro atoms. The van der Waals surface area contributed by atoms with Gasteiger partial charge < -0.3 is 10.6 Å². The predicted molar refractivity (Wildman–Crippen MR) is 106 cm³/mol. The van der Waals surface area contributed by atoms with E-state index in [4.69, 9.17) is 35.4 Å². The zero-order chi connectivity index (χ0) is 17.9. The van der Waals surface area contributed by atoms with Crippen LogP contribution in [0.1, 0.15) is 30.8 Å². The molecule has 0 fully saturated rings. The van der Waals surface area contributed by atoms with Gasteiger partial charge >= 0.3 is 0 Å². The molecule has 0 aliphatic heterocycles. The van der Waals surface area contributed by atoms with Crippen LogP contribution in [0.5, 0.6) is 0 Å². The summed E-state index contributed by atoms with van der Waals surface area (Å²) < 4.78 is 1.93. The fourth-order valence-corrected chi connectivity index (χ4v) is 2.80. The van der Waals surface area contributed by atoms with Crippen LogP contribution < -0.4 is 10.6 Å². The second-order valence-corrected chi connectivity index (χ2v) is 7.40. The summed E-state index contributed by atoms with van der Waals surface area (Å²) in [6.07, 6.45) is 0. The number of aryl methyl sites for hydroxylation is 1. The van der Waals surface area contributed by atoms with Gasteiger partial charge in [-0.05, 0) is 49.7 Å². The third-order valence-electron chi connectivity index (χ3n) is 3.61. The number of nitrogens with one attached hydrogen (secondary N) is 2. The van der Waals surface area contributed by atoms with Gasteiger partial charge in [-0.2, -0.15) is 5.10 Å². The lowest BCUT2D eigenvalue weighted by molar-refractivity contribution is 0.627. The highest BCUT2D eigenvalue weighted by Crippen LogP contribution is 2.25. The third-order valence-corrected chi connectivity index (χ3v) is 4.59. The van der Waals surface area contributed by atoms with Gasteiger partial charge in [0.2, 0.25) is 0 Å². The molecule has 0 bridgehead atoms. The largest absolute Gasteiger partial charge is 0.362 e. The fourth-order valence-electron chi connectivity index (χ4n) is 2.30. The van der Waals surface area contributed by atoms with Gasteiger partial charge in [0, 0.05) is 6.54 Å². The Kier molecular flexibility index (Phi) is 6.49. The molecule has 0 amide bonds. The van der Waals surface area contributed by atoms with Crippen molar-refractivity contribution < 1.29 is 0 Å². The van der Waals surface area contributed by atoms with E-state index in [2.05, 4.69) is 29.6 Å². The normalized spacial score (nSPS) is 11.0. The molecule has 0 saturated carbocycles. The molecule has 24 heavy (non-hydrogen) atoms. The number of nitrogens with zero attached hydrogens (tertiary/aromatic N) is 2. The fraction of sp³-hybridized carbons (Fsp3) is 0.412. The van der Waals surface area contributed by atoms with E-state index in [1.807, 2.05) is 30.7 Å². The SMILES string of the molecule is Cc1nn(Cc2ccc(Cl)c(Cl)c2)c(C)c1NC(=S)NCC(C)C. The minimum absolute atomic E-state index is 0.532. The van der Waals surface area contributed by atoms with Gasteiger partial charge in [-0.25, -0.2) is 0 Å². The quantitative estimate of drug-likeness (QED) is 0.726. The van der Waals surface area contributed by atoms with Gasteiger partial charge in [-0.15, -0.1) is 0 Å². The molecule has 130 valence electrons. The van der Waals surface area contributed by atoms with Gasteiger partial charge in [0.05, 0.1) is 33.7 Å². The number of benzene rings is 1. The summed E-state index contributed by atoms with van der Waals surface area (Å²) in [6.45, 7) is 9.72. The molecule has 0 saturated heterocycles. The second-order valence-electron chi connectivity index (χ2n) is 6.18. The number of hydrogen-bond donors (Lipinski definition) is 2. The van der Waals surface area contributed by atoms with E-state index in [1.165, 1.54) is 0 Å². The molecule has 1 aromatic heterocycles. The first kappa shape index (κ1) is 19.0. The van der Waals surface area contributed by atoms with Crippen molar-refractivity contribution in [3.8, 4) is 0 Å². The number of thiocarbonyl (C=S) groups is 1. The number of rotatable bonds is 5. The zero-order valence-electron chi connectivity index (χ0n) is 14.3. The molecule has 1 aromatic carbocycles. The molecule has 0 aliphatic carbocycles. The van der Waals surface area contributed by atoms with Crippen molar-refractivity contribution in [2.24, 2.45) is 5.92 Å². The molecular weight excluding hydrogens is 363 g/mol. The van der Waals surface area contributed by atoms with Crippen LogP contribution in [0.4, 0.5) is 5.69 Å². The van der Waals surface area contributed by atoms with E-state index in [0.29, 0.717) is 27.6 Å². The summed E-state index contributed by atoms with van der Waals surface area (Å²) in [5.74, 6) is 0.532. The van der Waals surface area contributed by atoms with E-state index in [0.717, 1.165) is 29.2 Å². The Balaban J connectivity index is 2.13. The summed E-state index contributed by atoms with van der Waals surface area (Å²) in [5.41, 5.74) is 3.91. The first-order valence-electron chi connectivity index (χ1n) is 7.80. The van der Waals surface area contributed by atoms with Crippen LogP contribution in [0.15, 0.2) is 18.2 Å². The van der Waals surface area contributed by atoms with Crippen molar-refractivity contribution in [2.75, 3.05) is 11.9 Å². The summed E-state index contributed by atoms with van der Waals surface area (Å²) >= 11 is 17.4. The third kappa shape index (κ3) is 4.85. The molecule has 2 rings (SSSR count). The minimum Gasteiger partial charge on any atom is -0.362 e. The van der Waals surface area contributed by atoms with Crippen LogP contribution in [-0.2, 0) is 6.54 Å². The standard InChI is InChI=1S/C17H22Cl2N4S/c1-10(2)8-20-17(24)21-16-11(3)22-23(12(16)4)9-13-5-6-14(18)15(19)7-13/h5-7,10H,8-9H2,1-4H3,(H2,20,21,24). The van der Waals surface area contributed by atoms with Crippen molar-refractivity contribution in [3.05, 3.63) is 45.2 Å². The number of hydrogen-bond acceptors (Lipinski definition) is 2. The lowest BCUT2D eigenvalue weighted by atomic mass is 10.2. The number of anilines is 1. The van der Waals surface area contributed by atoms with Crippen LogP contribution in [0, 0.1) is 19.8 Å². The average Bonchev–Trinajstić information content (AvgIpc) is 2.76. The molecule has 1 heterocycles. The molecule has 4 nitrogen and oxygen atoms in total. The lowest BCUT2D eigenvalue weighted by Gasteiger charge is -2.12. The van der Waals surface area contributed by atoms with Crippen molar-refractivity contribution in [1.29, 1.82) is 0 Å². The average molecular weight is 385 g/mol. The molecule has 0 radical (unpaired) electrons. The van der Waals surface area contributed by atoms with Crippen molar-refractivity contribution in [3.63, 3.8) is 0 Å². The minimum atomic E-state index is 0.532. The highest BCUT2D eigenvalue weighted by molar-refractivity contribution is 7.80. The van der Waals surface area contributed by atoms with Crippen molar-refractivity contribution >= 4 is 46.2 Å². The van der Waals surface area contributed by atoms with Gasteiger partial charge in [0.25, 0.3) is 0 Å². The molecule has 0 unspecified atom stereocenters. The Labute approximate surface area is 158 Å². The summed E-state index contributed by atoms with van der Waals surface area (Å²) in [6, 6.07) is 5.61. The Morgan fingerprint density at radius 1 is 1.25 bits per heavy atom. The van der Waals surface area contributed by atoms with Crippen molar-refractivity contribution in [2.45, 2.75) is 34.2 Å². The second kappa shape index (κ2) is 8.19. The van der Waals surface area contributed by atoms with Gasteiger partial charge in [-0.3, -0.25) is 4.68 Å². The monoisotopic (exact) mass is 384 g/mol. The summed E-state index contributed by atoms with van der Waals surface area (Å²) in [7, 11) is 0. The highest BCUT2D eigenvalue weighted by Gasteiger charge is 2.13. The van der Waals surface area contributed by atoms with Crippen LogP contribution in [0.2, 0.25) is 10.0 Å². The van der Waals surface area contributed by atoms with E-state index in [1.54, 1.807) is 6.07 Å². The van der Waals surface area contributed by atoms with Crippen LogP contribution >= 0.6 is 35.4 Å². The maximum Gasteiger partial charge on any atom is 0.170 e. The Morgan fingerprint density at radius 2 is 1.96 bits per heavy atom. The van der Waals surface area contributed by atoms with Crippen molar-refractivity contribution in [1.82, 2.24) is 15.1 Å². The lowest BCUT2D eigenvalue weighted by Crippen LogP contribution is -2.31. The van der Waals surface area contributed by atoms with Crippen LogP contribution in [-0.4, -0.2) is 21.4 Å². The van der Waals surface area contributed by atoms with E-state index in [9.17, 15) is 0 Å². The zero-order valence-corrected chi connectivity index (χ0v) is 16.6. The summed E-state index contributed by atoms with van der Waals surface area (Å²) in [5, 5.41) is 12.8. The highest BCUT2D eigenvalue weighted by atomic mass is 35.5. The molecule has 2 N–H and O–H groups in total. The van der Waals surface area contributed by atoms with E-state index < -0.39 is 0 Å². The number of aromatic nitrogens is 2. The molecular formula is C17H22Cl2N4S. The van der Waals surface area contributed by atoms with E-state index in [-0.39, 0.29) is 0 Å². The molecule has 2 aromatic rings. The maximum atomic E-state index is 6.09. The Bertz CT molecular complexity index is 740. The molecule has 0 atom stereocenters. The molecule has 0 aliphatic rings. The van der Waals surface area contributed by atoms with E-state index >= 15 is 0 Å². The van der Waals surface area contributed by atoms with Crippen LogP contribution in [0.3, 0.4) is 0 Å². The first-order valence-corrected chi connectivity index (χ1v) is 8.97. The maximum absolute atomic E-state index is 6.09. The Morgan fingerprint density at radius 3 is 2.58 bits per heavy atom. The smallest absolute Gasteiger partial charge is 0.170 e. The first-order chi connectivity index (χ1) is 11.3. The van der Waals surface area contributed by atoms with Gasteiger partial charge in [0.15, 0.2) is 5.11 Å². The molecule has 7 heteroatoms. The predicted octanol–water partition coefficient (Wildman–Crippen LogP) is 4.80. The van der Waals surface area contributed by atoms with Crippen LogP contribution in [0.25, 0.3) is 0 Å². The summed E-state index contributed by atoms with van der Waals surface area (Å²) in [4.78, 5) is 0. The number of halogens is 2.